The third kappa shape index (κ3) is 3.18. The van der Waals surface area contributed by atoms with Crippen molar-refractivity contribution in [2.75, 3.05) is 5.73 Å². The molecule has 0 saturated carbocycles. The number of aromatic nitrogens is 3. The lowest BCUT2D eigenvalue weighted by Crippen LogP contribution is -2.16. The van der Waals surface area contributed by atoms with Gasteiger partial charge < -0.3 is 15.5 Å². The van der Waals surface area contributed by atoms with E-state index < -0.39 is 5.56 Å². The summed E-state index contributed by atoms with van der Waals surface area (Å²) in [6.07, 6.45) is 0. The van der Waals surface area contributed by atoms with Crippen LogP contribution in [0.25, 0.3) is 11.1 Å². The highest BCUT2D eigenvalue weighted by Crippen LogP contribution is 2.30. The topological polar surface area (TPSA) is 141 Å². The average Bonchev–Trinajstić information content (AvgIpc) is 2.64. The number of halogens is 1. The van der Waals surface area contributed by atoms with Crippen molar-refractivity contribution >= 4 is 17.4 Å². The summed E-state index contributed by atoms with van der Waals surface area (Å²) < 4.78 is 5.53. The second kappa shape index (κ2) is 6.93. The molecule has 0 saturated heterocycles. The van der Waals surface area contributed by atoms with E-state index in [9.17, 15) is 15.3 Å². The van der Waals surface area contributed by atoms with Crippen molar-refractivity contribution in [3.63, 3.8) is 0 Å². The minimum atomic E-state index is -0.657. The van der Waals surface area contributed by atoms with Gasteiger partial charge in [0.1, 0.15) is 34.8 Å². The highest BCUT2D eigenvalue weighted by Gasteiger charge is 2.18. The van der Waals surface area contributed by atoms with Crippen LogP contribution < -0.4 is 16.0 Å². The molecule has 0 atom stereocenters. The van der Waals surface area contributed by atoms with E-state index in [1.165, 1.54) is 6.07 Å². The number of H-pyrrole nitrogens is 1. The zero-order chi connectivity index (χ0) is 18.7. The number of nitrogen functional groups attached to an aromatic ring is 1. The summed E-state index contributed by atoms with van der Waals surface area (Å²) in [7, 11) is 0. The number of rotatable bonds is 3. The molecule has 0 radical (unpaired) electrons. The minimum absolute atomic E-state index is 0.0263. The van der Waals surface area contributed by atoms with Gasteiger partial charge in [0.05, 0.1) is 0 Å². The standard InChI is InChI=1S/C17H9ClN6O2/c18-13-5-6-14(24-23-13)26-10-3-1-9(2-4-10)15-11(7-19)16(21)22-17(25)12(15)8-20/h1-6H,(H3,21,22,25). The Bertz CT molecular complexity index is 1110. The number of nitrogens with two attached hydrogens (primary N) is 1. The van der Waals surface area contributed by atoms with Crippen molar-refractivity contribution in [3.05, 3.63) is 63.0 Å². The molecular weight excluding hydrogens is 356 g/mol. The number of pyridine rings is 1. The van der Waals surface area contributed by atoms with Gasteiger partial charge in [0, 0.05) is 11.6 Å². The Morgan fingerprint density at radius 1 is 1.04 bits per heavy atom. The molecule has 0 spiro atoms. The maximum atomic E-state index is 12.0. The Morgan fingerprint density at radius 2 is 1.73 bits per heavy atom. The molecule has 3 N–H and O–H groups in total. The molecule has 0 unspecified atom stereocenters. The Hall–Kier alpha value is -3.88. The van der Waals surface area contributed by atoms with Crippen LogP contribution in [0.2, 0.25) is 5.15 Å². The van der Waals surface area contributed by atoms with Gasteiger partial charge in [-0.15, -0.1) is 10.2 Å². The van der Waals surface area contributed by atoms with E-state index in [-0.39, 0.29) is 33.5 Å². The normalized spacial score (nSPS) is 9.96. The number of hydrogen-bond donors (Lipinski definition) is 2. The fourth-order valence-electron chi connectivity index (χ4n) is 2.30. The van der Waals surface area contributed by atoms with Crippen molar-refractivity contribution in [1.29, 1.82) is 10.5 Å². The van der Waals surface area contributed by atoms with Crippen molar-refractivity contribution in [2.24, 2.45) is 0 Å². The lowest BCUT2D eigenvalue weighted by molar-refractivity contribution is 0.455. The summed E-state index contributed by atoms with van der Waals surface area (Å²) in [5.74, 6) is 0.599. The first-order valence-corrected chi connectivity index (χ1v) is 7.54. The first-order chi connectivity index (χ1) is 12.5. The molecule has 26 heavy (non-hydrogen) atoms. The largest absolute Gasteiger partial charge is 0.438 e. The maximum Gasteiger partial charge on any atom is 0.268 e. The van der Waals surface area contributed by atoms with Gasteiger partial charge in [-0.3, -0.25) is 4.79 Å². The second-order valence-corrected chi connectivity index (χ2v) is 5.42. The molecule has 8 nitrogen and oxygen atoms in total. The van der Waals surface area contributed by atoms with Crippen LogP contribution in [0.5, 0.6) is 11.6 Å². The predicted octanol–water partition coefficient (Wildman–Crippen LogP) is 2.60. The summed E-state index contributed by atoms with van der Waals surface area (Å²) in [5, 5.41) is 26.3. The van der Waals surface area contributed by atoms with E-state index in [0.717, 1.165) is 0 Å². The third-order valence-corrected chi connectivity index (χ3v) is 3.64. The first kappa shape index (κ1) is 17.0. The van der Waals surface area contributed by atoms with Crippen LogP contribution in [0.3, 0.4) is 0 Å². The molecule has 1 aromatic carbocycles. The first-order valence-electron chi connectivity index (χ1n) is 7.17. The van der Waals surface area contributed by atoms with Crippen molar-refractivity contribution < 1.29 is 4.74 Å². The number of aromatic amines is 1. The van der Waals surface area contributed by atoms with Crippen LogP contribution >= 0.6 is 11.6 Å². The van der Waals surface area contributed by atoms with Gasteiger partial charge in [-0.1, -0.05) is 23.7 Å². The molecule has 0 amide bonds. The number of hydrogen-bond acceptors (Lipinski definition) is 7. The summed E-state index contributed by atoms with van der Waals surface area (Å²) in [4.78, 5) is 14.2. The van der Waals surface area contributed by atoms with Crippen molar-refractivity contribution in [1.82, 2.24) is 15.2 Å². The molecule has 2 aromatic heterocycles. The number of benzene rings is 1. The molecule has 9 heteroatoms. The Morgan fingerprint density at radius 3 is 2.31 bits per heavy atom. The monoisotopic (exact) mass is 364 g/mol. The van der Waals surface area contributed by atoms with E-state index in [1.54, 1.807) is 30.3 Å². The number of nitrogens with one attached hydrogen (secondary N) is 1. The number of anilines is 1. The highest BCUT2D eigenvalue weighted by atomic mass is 35.5. The van der Waals surface area contributed by atoms with Gasteiger partial charge in [-0.2, -0.15) is 10.5 Å². The van der Waals surface area contributed by atoms with Gasteiger partial charge in [0.15, 0.2) is 5.15 Å². The predicted molar refractivity (Wildman–Crippen MR) is 93.5 cm³/mol. The number of nitrogens with zero attached hydrogens (tertiary/aromatic N) is 4. The maximum absolute atomic E-state index is 12.0. The Labute approximate surface area is 152 Å². The SMILES string of the molecule is N#Cc1c(N)[nH]c(=O)c(C#N)c1-c1ccc(Oc2ccc(Cl)nn2)cc1. The molecule has 0 aliphatic carbocycles. The molecule has 126 valence electrons. The molecule has 0 bridgehead atoms. The van der Waals surface area contributed by atoms with Gasteiger partial charge in [-0.05, 0) is 23.8 Å². The smallest absolute Gasteiger partial charge is 0.268 e. The minimum Gasteiger partial charge on any atom is -0.438 e. The number of nitriles is 2. The fourth-order valence-corrected chi connectivity index (χ4v) is 2.40. The molecule has 2 heterocycles. The molecule has 0 fully saturated rings. The van der Waals surface area contributed by atoms with Gasteiger partial charge in [-0.25, -0.2) is 0 Å². The summed E-state index contributed by atoms with van der Waals surface area (Å²) in [5.41, 5.74) is 5.53. The van der Waals surface area contributed by atoms with Crippen molar-refractivity contribution in [3.8, 4) is 34.9 Å². The Kier molecular flexibility index (Phi) is 4.52. The molecule has 3 rings (SSSR count). The fraction of sp³-hybridized carbons (Fsp3) is 0. The van der Waals surface area contributed by atoms with E-state index in [0.29, 0.717) is 11.3 Å². The summed E-state index contributed by atoms with van der Waals surface area (Å²) >= 11 is 5.67. The van der Waals surface area contributed by atoms with Crippen LogP contribution in [0, 0.1) is 22.7 Å². The van der Waals surface area contributed by atoms with Crippen molar-refractivity contribution in [2.45, 2.75) is 0 Å². The highest BCUT2D eigenvalue weighted by molar-refractivity contribution is 6.29. The zero-order valence-electron chi connectivity index (χ0n) is 13.0. The zero-order valence-corrected chi connectivity index (χ0v) is 13.8. The molecular formula is C17H9ClN6O2. The summed E-state index contributed by atoms with van der Waals surface area (Å²) in [6, 6.07) is 13.2. The quantitative estimate of drug-likeness (QED) is 0.727. The van der Waals surface area contributed by atoms with E-state index in [4.69, 9.17) is 22.1 Å². The van der Waals surface area contributed by atoms with E-state index in [1.807, 2.05) is 12.1 Å². The van der Waals surface area contributed by atoms with Crippen LogP contribution in [0.1, 0.15) is 11.1 Å². The third-order valence-electron chi connectivity index (χ3n) is 3.44. The van der Waals surface area contributed by atoms with E-state index in [2.05, 4.69) is 15.2 Å². The molecule has 0 aliphatic heterocycles. The second-order valence-electron chi connectivity index (χ2n) is 5.04. The van der Waals surface area contributed by atoms with Gasteiger partial charge in [0.25, 0.3) is 5.56 Å². The Balaban J connectivity index is 2.02. The molecule has 3 aromatic rings. The lowest BCUT2D eigenvalue weighted by Gasteiger charge is -2.10. The van der Waals surface area contributed by atoms with Crippen LogP contribution in [-0.2, 0) is 0 Å². The molecule has 0 aliphatic rings. The van der Waals surface area contributed by atoms with Gasteiger partial charge in [0.2, 0.25) is 5.88 Å². The van der Waals surface area contributed by atoms with Crippen LogP contribution in [-0.4, -0.2) is 15.2 Å². The van der Waals surface area contributed by atoms with Crippen LogP contribution in [0.15, 0.2) is 41.2 Å². The lowest BCUT2D eigenvalue weighted by atomic mass is 9.97. The summed E-state index contributed by atoms with van der Waals surface area (Å²) in [6.45, 7) is 0. The van der Waals surface area contributed by atoms with E-state index >= 15 is 0 Å². The van der Waals surface area contributed by atoms with Crippen LogP contribution in [0.4, 0.5) is 5.82 Å². The number of ether oxygens (including phenoxy) is 1. The van der Waals surface area contributed by atoms with Gasteiger partial charge >= 0.3 is 0 Å². The average molecular weight is 365 g/mol.